The van der Waals surface area contributed by atoms with Crippen molar-refractivity contribution in [3.05, 3.63) is 76.5 Å². The van der Waals surface area contributed by atoms with Crippen LogP contribution in [-0.4, -0.2) is 25.9 Å². The summed E-state index contributed by atoms with van der Waals surface area (Å²) in [5.41, 5.74) is 0.0630. The van der Waals surface area contributed by atoms with Crippen LogP contribution in [0.1, 0.15) is 29.8 Å². The van der Waals surface area contributed by atoms with E-state index < -0.39 is 29.5 Å². The molecule has 0 bridgehead atoms. The Labute approximate surface area is 184 Å². The van der Waals surface area contributed by atoms with E-state index in [0.29, 0.717) is 21.7 Å². The Morgan fingerprint density at radius 2 is 2.03 bits per heavy atom. The number of hydrogen-bond donors (Lipinski definition) is 2. The third-order valence-corrected chi connectivity index (χ3v) is 5.26. The van der Waals surface area contributed by atoms with E-state index in [4.69, 9.17) is 11.6 Å². The van der Waals surface area contributed by atoms with E-state index in [1.807, 2.05) is 0 Å². The minimum Gasteiger partial charge on any atom is -0.350 e. The lowest BCUT2D eigenvalue weighted by Crippen LogP contribution is -2.28. The van der Waals surface area contributed by atoms with Gasteiger partial charge in [0.1, 0.15) is 11.3 Å². The topological polar surface area (TPSA) is 75.6 Å². The number of nitrogens with one attached hydrogen (secondary N) is 2. The summed E-state index contributed by atoms with van der Waals surface area (Å²) in [6.07, 6.45) is -3.24. The Balaban J connectivity index is 1.60. The second kappa shape index (κ2) is 8.27. The first-order valence-corrected chi connectivity index (χ1v) is 9.84. The molecule has 2 heterocycles. The molecule has 11 heteroatoms. The molecule has 0 fully saturated rings. The molecular formula is C21H16ClF4N5O. The van der Waals surface area contributed by atoms with Gasteiger partial charge in [0.05, 0.1) is 30.0 Å². The third-order valence-electron chi connectivity index (χ3n) is 5.03. The maximum Gasteiger partial charge on any atom is 0.435 e. The number of hydrogen-bond acceptors (Lipinski definition) is 3. The van der Waals surface area contributed by atoms with E-state index in [1.54, 1.807) is 25.1 Å². The van der Waals surface area contributed by atoms with Gasteiger partial charge in [-0.15, -0.1) is 0 Å². The highest BCUT2D eigenvalue weighted by Crippen LogP contribution is 2.30. The molecule has 4 rings (SSSR count). The summed E-state index contributed by atoms with van der Waals surface area (Å²) in [5, 5.41) is 13.4. The molecule has 0 spiro atoms. The average Bonchev–Trinajstić information content (AvgIpc) is 3.39. The summed E-state index contributed by atoms with van der Waals surface area (Å²) in [5.74, 6) is -1.66. The number of halogens is 5. The fraction of sp³-hybridized carbons (Fsp3) is 0.190. The molecular weight excluding hydrogens is 450 g/mol. The molecule has 32 heavy (non-hydrogen) atoms. The van der Waals surface area contributed by atoms with Crippen LogP contribution < -0.4 is 5.32 Å². The molecule has 2 N–H and O–H groups in total. The van der Waals surface area contributed by atoms with Crippen molar-refractivity contribution in [2.45, 2.75) is 25.6 Å². The fourth-order valence-corrected chi connectivity index (χ4v) is 3.57. The molecule has 6 nitrogen and oxygen atoms in total. The molecule has 2 aromatic heterocycles. The summed E-state index contributed by atoms with van der Waals surface area (Å²) >= 11 is 5.96. The van der Waals surface area contributed by atoms with Crippen molar-refractivity contribution in [2.75, 3.05) is 0 Å². The van der Waals surface area contributed by atoms with Crippen molar-refractivity contribution >= 4 is 28.4 Å². The summed E-state index contributed by atoms with van der Waals surface area (Å²) in [6.45, 7) is 1.40. The first-order valence-electron chi connectivity index (χ1n) is 9.46. The Morgan fingerprint density at radius 1 is 1.25 bits per heavy atom. The quantitative estimate of drug-likeness (QED) is 0.408. The fourth-order valence-electron chi connectivity index (χ4n) is 3.39. The molecule has 0 aliphatic heterocycles. The van der Waals surface area contributed by atoms with Crippen molar-refractivity contribution in [1.82, 2.24) is 25.3 Å². The standard InChI is InChI=1S/C21H16ClF4N5O/c1-11(15-5-6-17(23)19-16(15)10-28-29-19)20(32)27-9-14-8-18(21(24,25)26)30-31(14)13-4-2-3-12(22)7-13/h2-8,10-11H,9H2,1H3,(H,27,32)(H,28,29). The normalized spacial score (nSPS) is 12.8. The van der Waals surface area contributed by atoms with E-state index in [9.17, 15) is 22.4 Å². The molecule has 4 aromatic rings. The van der Waals surface area contributed by atoms with Gasteiger partial charge in [0.2, 0.25) is 5.91 Å². The largest absolute Gasteiger partial charge is 0.435 e. The van der Waals surface area contributed by atoms with Gasteiger partial charge in [-0.25, -0.2) is 9.07 Å². The van der Waals surface area contributed by atoms with Gasteiger partial charge < -0.3 is 5.32 Å². The van der Waals surface area contributed by atoms with Crippen LogP contribution in [0.5, 0.6) is 0 Å². The Hall–Kier alpha value is -3.40. The molecule has 1 amide bonds. The average molecular weight is 466 g/mol. The number of rotatable bonds is 5. The van der Waals surface area contributed by atoms with E-state index in [-0.39, 0.29) is 17.8 Å². The number of carbonyl (C=O) groups is 1. The van der Waals surface area contributed by atoms with Gasteiger partial charge in [-0.1, -0.05) is 23.7 Å². The molecule has 1 unspecified atom stereocenters. The van der Waals surface area contributed by atoms with Gasteiger partial charge in [0, 0.05) is 10.4 Å². The number of carbonyl (C=O) groups excluding carboxylic acids is 1. The number of nitrogens with zero attached hydrogens (tertiary/aromatic N) is 3. The van der Waals surface area contributed by atoms with Crippen LogP contribution in [0, 0.1) is 5.82 Å². The summed E-state index contributed by atoms with van der Waals surface area (Å²) < 4.78 is 54.7. The maximum absolute atomic E-state index is 13.9. The number of H-pyrrole nitrogens is 1. The highest BCUT2D eigenvalue weighted by molar-refractivity contribution is 6.30. The van der Waals surface area contributed by atoms with Crippen LogP contribution >= 0.6 is 11.6 Å². The second-order valence-corrected chi connectivity index (χ2v) is 7.58. The van der Waals surface area contributed by atoms with Crippen LogP contribution in [0.25, 0.3) is 16.6 Å². The SMILES string of the molecule is CC(C(=O)NCc1cc(C(F)(F)F)nn1-c1cccc(Cl)c1)c1ccc(F)c2[nH]ncc12. The van der Waals surface area contributed by atoms with Crippen molar-refractivity contribution < 1.29 is 22.4 Å². The van der Waals surface area contributed by atoms with Crippen molar-refractivity contribution in [2.24, 2.45) is 0 Å². The number of aromatic nitrogens is 4. The first kappa shape index (κ1) is 21.8. The van der Waals surface area contributed by atoms with Gasteiger partial charge in [-0.2, -0.15) is 23.4 Å². The minimum absolute atomic E-state index is 0.118. The summed E-state index contributed by atoms with van der Waals surface area (Å²) in [7, 11) is 0. The number of amides is 1. The highest BCUT2D eigenvalue weighted by Gasteiger charge is 2.35. The van der Waals surface area contributed by atoms with Gasteiger partial charge in [-0.05, 0) is 42.8 Å². The molecule has 0 saturated carbocycles. The number of benzene rings is 2. The van der Waals surface area contributed by atoms with Crippen molar-refractivity contribution in [1.29, 1.82) is 0 Å². The zero-order valence-electron chi connectivity index (χ0n) is 16.5. The third kappa shape index (κ3) is 4.18. The molecule has 0 saturated heterocycles. The van der Waals surface area contributed by atoms with Gasteiger partial charge in [-0.3, -0.25) is 9.89 Å². The van der Waals surface area contributed by atoms with Crippen molar-refractivity contribution in [3.63, 3.8) is 0 Å². The van der Waals surface area contributed by atoms with Crippen LogP contribution in [0.15, 0.2) is 48.7 Å². The predicted octanol–water partition coefficient (Wildman–Crippen LogP) is 4.98. The molecule has 0 aliphatic rings. The zero-order valence-corrected chi connectivity index (χ0v) is 17.3. The van der Waals surface area contributed by atoms with Crippen LogP contribution in [0.3, 0.4) is 0 Å². The first-order chi connectivity index (χ1) is 15.1. The number of fused-ring (bicyclic) bond motifs is 1. The predicted molar refractivity (Wildman–Crippen MR) is 110 cm³/mol. The van der Waals surface area contributed by atoms with Gasteiger partial charge in [0.15, 0.2) is 5.69 Å². The van der Waals surface area contributed by atoms with E-state index in [2.05, 4.69) is 20.6 Å². The second-order valence-electron chi connectivity index (χ2n) is 7.15. The molecule has 166 valence electrons. The summed E-state index contributed by atoms with van der Waals surface area (Å²) in [4.78, 5) is 12.8. The van der Waals surface area contributed by atoms with E-state index in [1.165, 1.54) is 24.4 Å². The lowest BCUT2D eigenvalue weighted by molar-refractivity contribution is -0.141. The van der Waals surface area contributed by atoms with Crippen LogP contribution in [-0.2, 0) is 17.5 Å². The molecule has 1 atom stereocenters. The van der Waals surface area contributed by atoms with Gasteiger partial charge in [0.25, 0.3) is 0 Å². The lowest BCUT2D eigenvalue weighted by atomic mass is 9.96. The Morgan fingerprint density at radius 3 is 2.75 bits per heavy atom. The number of alkyl halides is 3. The lowest BCUT2D eigenvalue weighted by Gasteiger charge is -2.14. The molecule has 0 radical (unpaired) electrons. The Bertz CT molecular complexity index is 1300. The highest BCUT2D eigenvalue weighted by atomic mass is 35.5. The van der Waals surface area contributed by atoms with Crippen molar-refractivity contribution in [3.8, 4) is 5.69 Å². The molecule has 0 aliphatic carbocycles. The monoisotopic (exact) mass is 465 g/mol. The smallest absolute Gasteiger partial charge is 0.350 e. The van der Waals surface area contributed by atoms with Gasteiger partial charge >= 0.3 is 6.18 Å². The van der Waals surface area contributed by atoms with Crippen LogP contribution in [0.2, 0.25) is 5.02 Å². The van der Waals surface area contributed by atoms with E-state index in [0.717, 1.165) is 10.7 Å². The number of aromatic amines is 1. The zero-order chi connectivity index (χ0) is 23.0. The van der Waals surface area contributed by atoms with E-state index >= 15 is 0 Å². The molecule has 2 aromatic carbocycles. The Kier molecular flexibility index (Phi) is 5.64. The summed E-state index contributed by atoms with van der Waals surface area (Å²) in [6, 6.07) is 9.78. The van der Waals surface area contributed by atoms with Crippen LogP contribution in [0.4, 0.5) is 17.6 Å². The minimum atomic E-state index is -4.66. The maximum atomic E-state index is 13.9.